The van der Waals surface area contributed by atoms with Crippen LogP contribution >= 0.6 is 0 Å². The molecule has 0 radical (unpaired) electrons. The summed E-state index contributed by atoms with van der Waals surface area (Å²) in [4.78, 5) is 47.4. The topological polar surface area (TPSA) is 86.7 Å². The van der Waals surface area contributed by atoms with Gasteiger partial charge in [0.05, 0.1) is 14.2 Å². The lowest BCUT2D eigenvalue weighted by molar-refractivity contribution is -0.135. The van der Waals surface area contributed by atoms with E-state index in [4.69, 9.17) is 4.74 Å². The minimum atomic E-state index is -1.35. The predicted octanol–water partition coefficient (Wildman–Crippen LogP) is 1.49. The monoisotopic (exact) mass is 338 g/mol. The number of carbonyl (C=O) groups excluding carboxylic acids is 4. The molecule has 0 spiro atoms. The van der Waals surface area contributed by atoms with Gasteiger partial charge in [-0.25, -0.2) is 4.79 Å². The van der Waals surface area contributed by atoms with Gasteiger partial charge in [0.15, 0.2) is 5.41 Å². The van der Waals surface area contributed by atoms with E-state index in [1.54, 1.807) is 24.3 Å². The van der Waals surface area contributed by atoms with Crippen molar-refractivity contribution in [1.82, 2.24) is 0 Å². The highest BCUT2D eigenvalue weighted by Gasteiger charge is 2.67. The standard InChI is InChI=1S/C19H14O6/c1-24-14-9-7-13(8-10-14)19(16(21)17(19)22)12-5-3-11(4-6-12)15(20)18(23)25-2/h3-10H,1-2H3. The van der Waals surface area contributed by atoms with Gasteiger partial charge in [-0.3, -0.25) is 14.4 Å². The number of carbonyl (C=O) groups is 4. The van der Waals surface area contributed by atoms with Crippen molar-refractivity contribution in [3.8, 4) is 5.75 Å². The molecule has 1 aliphatic rings. The second kappa shape index (κ2) is 5.98. The number of ether oxygens (including phenoxy) is 2. The van der Waals surface area contributed by atoms with E-state index in [0.29, 0.717) is 16.9 Å². The number of hydrogen-bond donors (Lipinski definition) is 0. The van der Waals surface area contributed by atoms with Crippen LogP contribution < -0.4 is 4.74 Å². The Bertz CT molecular complexity index is 863. The number of esters is 1. The van der Waals surface area contributed by atoms with Crippen molar-refractivity contribution in [1.29, 1.82) is 0 Å². The molecule has 0 atom stereocenters. The van der Waals surface area contributed by atoms with Gasteiger partial charge in [0.25, 0.3) is 5.78 Å². The van der Waals surface area contributed by atoms with Crippen molar-refractivity contribution in [2.75, 3.05) is 14.2 Å². The predicted molar refractivity (Wildman–Crippen MR) is 86.6 cm³/mol. The summed E-state index contributed by atoms with van der Waals surface area (Å²) in [5.74, 6) is -2.18. The molecule has 2 aromatic carbocycles. The van der Waals surface area contributed by atoms with Crippen molar-refractivity contribution in [3.63, 3.8) is 0 Å². The summed E-state index contributed by atoms with van der Waals surface area (Å²) in [7, 11) is 2.64. The number of ketones is 3. The molecule has 3 rings (SSSR count). The summed E-state index contributed by atoms with van der Waals surface area (Å²) in [6.07, 6.45) is 0. The maximum atomic E-state index is 12.1. The molecule has 1 saturated carbocycles. The smallest absolute Gasteiger partial charge is 0.379 e. The summed E-state index contributed by atoms with van der Waals surface area (Å²) < 4.78 is 9.48. The number of benzene rings is 2. The fraction of sp³-hybridized carbons (Fsp3) is 0.158. The van der Waals surface area contributed by atoms with E-state index in [9.17, 15) is 19.2 Å². The number of rotatable bonds is 5. The van der Waals surface area contributed by atoms with Crippen LogP contribution in [-0.4, -0.2) is 37.5 Å². The Kier molecular flexibility index (Phi) is 3.96. The summed E-state index contributed by atoms with van der Waals surface area (Å²) in [5.41, 5.74) is -0.232. The van der Waals surface area contributed by atoms with Crippen LogP contribution in [0.25, 0.3) is 0 Å². The Morgan fingerprint density at radius 3 is 1.68 bits per heavy atom. The average molecular weight is 338 g/mol. The quantitative estimate of drug-likeness (QED) is 0.355. The molecule has 2 aromatic rings. The third kappa shape index (κ3) is 2.42. The lowest BCUT2D eigenvalue weighted by Gasteiger charge is -2.13. The van der Waals surface area contributed by atoms with Crippen molar-refractivity contribution in [2.24, 2.45) is 0 Å². The molecule has 6 heteroatoms. The van der Waals surface area contributed by atoms with Crippen molar-refractivity contribution in [2.45, 2.75) is 5.41 Å². The first kappa shape index (κ1) is 16.6. The second-order valence-corrected chi connectivity index (χ2v) is 5.53. The zero-order chi connectivity index (χ0) is 18.2. The van der Waals surface area contributed by atoms with Crippen molar-refractivity contribution >= 4 is 23.3 Å². The number of hydrogen-bond acceptors (Lipinski definition) is 6. The maximum absolute atomic E-state index is 12.1. The first-order valence-corrected chi connectivity index (χ1v) is 7.43. The molecule has 1 aliphatic carbocycles. The van der Waals surface area contributed by atoms with E-state index in [2.05, 4.69) is 4.74 Å². The van der Waals surface area contributed by atoms with Gasteiger partial charge >= 0.3 is 5.97 Å². The zero-order valence-electron chi connectivity index (χ0n) is 13.6. The molecule has 0 bridgehead atoms. The van der Waals surface area contributed by atoms with Gasteiger partial charge in [-0.15, -0.1) is 0 Å². The van der Waals surface area contributed by atoms with Crippen LogP contribution in [0.2, 0.25) is 0 Å². The third-order valence-electron chi connectivity index (χ3n) is 4.30. The molecule has 0 saturated heterocycles. The minimum Gasteiger partial charge on any atom is -0.497 e. The van der Waals surface area contributed by atoms with Gasteiger partial charge < -0.3 is 9.47 Å². The molecule has 25 heavy (non-hydrogen) atoms. The van der Waals surface area contributed by atoms with Crippen LogP contribution in [0.5, 0.6) is 5.75 Å². The van der Waals surface area contributed by atoms with Gasteiger partial charge in [0.1, 0.15) is 5.75 Å². The lowest BCUT2D eigenvalue weighted by Crippen LogP contribution is -2.17. The van der Waals surface area contributed by atoms with E-state index in [0.717, 1.165) is 7.11 Å². The fourth-order valence-corrected chi connectivity index (χ4v) is 2.85. The fourth-order valence-electron chi connectivity index (χ4n) is 2.85. The molecule has 1 fully saturated rings. The molecular formula is C19H14O6. The first-order valence-electron chi connectivity index (χ1n) is 7.43. The normalized spacial score (nSPS) is 14.8. The molecule has 0 N–H and O–H groups in total. The summed E-state index contributed by atoms with van der Waals surface area (Å²) in [6, 6.07) is 12.5. The van der Waals surface area contributed by atoms with Gasteiger partial charge in [-0.05, 0) is 23.3 Å². The first-order chi connectivity index (χ1) is 12.0. The number of Topliss-reactive ketones (excluding diaryl/α,β-unsaturated/α-hetero) is 3. The van der Waals surface area contributed by atoms with Gasteiger partial charge in [0, 0.05) is 5.56 Å². The van der Waals surface area contributed by atoms with Crippen LogP contribution in [0.3, 0.4) is 0 Å². The molecule has 6 nitrogen and oxygen atoms in total. The van der Waals surface area contributed by atoms with E-state index < -0.39 is 28.7 Å². The highest BCUT2D eigenvalue weighted by Crippen LogP contribution is 2.46. The highest BCUT2D eigenvalue weighted by molar-refractivity contribution is 6.68. The molecule has 0 unspecified atom stereocenters. The SMILES string of the molecule is COC(=O)C(=O)c1ccc(C2(c3ccc(OC)cc3)C(=O)C2=O)cc1. The van der Waals surface area contributed by atoms with E-state index in [1.807, 2.05) is 0 Å². The second-order valence-electron chi connectivity index (χ2n) is 5.53. The molecule has 0 heterocycles. The Labute approximate surface area is 143 Å². The van der Waals surface area contributed by atoms with E-state index in [1.165, 1.54) is 31.4 Å². The molecular weight excluding hydrogens is 324 g/mol. The summed E-state index contributed by atoms with van der Waals surface area (Å²) in [6.45, 7) is 0. The van der Waals surface area contributed by atoms with Crippen molar-refractivity contribution < 1.29 is 28.7 Å². The zero-order valence-corrected chi connectivity index (χ0v) is 13.6. The van der Waals surface area contributed by atoms with Gasteiger partial charge in [0.2, 0.25) is 11.6 Å². The van der Waals surface area contributed by atoms with Crippen LogP contribution in [0.1, 0.15) is 21.5 Å². The van der Waals surface area contributed by atoms with Crippen LogP contribution in [0.4, 0.5) is 0 Å². The lowest BCUT2D eigenvalue weighted by atomic mass is 9.87. The van der Waals surface area contributed by atoms with Crippen LogP contribution in [-0.2, 0) is 24.5 Å². The van der Waals surface area contributed by atoms with Crippen LogP contribution in [0.15, 0.2) is 48.5 Å². The molecule has 0 aromatic heterocycles. The van der Waals surface area contributed by atoms with Crippen molar-refractivity contribution in [3.05, 3.63) is 65.2 Å². The average Bonchev–Trinajstić information content (AvgIpc) is 3.22. The third-order valence-corrected chi connectivity index (χ3v) is 4.30. The minimum absolute atomic E-state index is 0.126. The molecule has 126 valence electrons. The summed E-state index contributed by atoms with van der Waals surface area (Å²) in [5, 5.41) is 0. The van der Waals surface area contributed by atoms with Gasteiger partial charge in [-0.2, -0.15) is 0 Å². The Balaban J connectivity index is 1.99. The Morgan fingerprint density at radius 1 is 0.800 bits per heavy atom. The summed E-state index contributed by atoms with van der Waals surface area (Å²) >= 11 is 0. The van der Waals surface area contributed by atoms with Crippen LogP contribution in [0, 0.1) is 0 Å². The molecule has 0 amide bonds. The maximum Gasteiger partial charge on any atom is 0.379 e. The van der Waals surface area contributed by atoms with Gasteiger partial charge in [-0.1, -0.05) is 36.4 Å². The van der Waals surface area contributed by atoms with E-state index >= 15 is 0 Å². The Hall–Kier alpha value is -3.28. The number of methoxy groups -OCH3 is 2. The Morgan fingerprint density at radius 2 is 1.28 bits per heavy atom. The van der Waals surface area contributed by atoms with E-state index in [-0.39, 0.29) is 5.56 Å². The highest BCUT2D eigenvalue weighted by atomic mass is 16.5. The largest absolute Gasteiger partial charge is 0.497 e. The molecule has 0 aliphatic heterocycles.